The molecule has 0 saturated carbocycles. The van der Waals surface area contributed by atoms with Gasteiger partial charge in [-0.3, -0.25) is 9.78 Å². The molecular weight excluding hydrogens is 304 g/mol. The summed E-state index contributed by atoms with van der Waals surface area (Å²) in [4.78, 5) is 25.0. The first-order valence-electron chi connectivity index (χ1n) is 8.36. The van der Waals surface area contributed by atoms with Crippen molar-refractivity contribution < 1.29 is 9.53 Å². The van der Waals surface area contributed by atoms with E-state index in [1.54, 1.807) is 18.6 Å². The molecule has 1 saturated heterocycles. The Labute approximate surface area is 141 Å². The fourth-order valence-electron chi connectivity index (χ4n) is 2.73. The Morgan fingerprint density at radius 3 is 3.08 bits per heavy atom. The highest BCUT2D eigenvalue weighted by atomic mass is 16.5. The summed E-state index contributed by atoms with van der Waals surface area (Å²) in [7, 11) is 0. The fourth-order valence-corrected chi connectivity index (χ4v) is 2.73. The number of carbonyl (C=O) groups is 1. The molecule has 0 radical (unpaired) electrons. The van der Waals surface area contributed by atoms with E-state index in [9.17, 15) is 4.79 Å². The molecule has 0 unspecified atom stereocenters. The van der Waals surface area contributed by atoms with E-state index in [4.69, 9.17) is 4.74 Å². The molecule has 0 spiro atoms. The highest BCUT2D eigenvalue weighted by Gasteiger charge is 2.18. The van der Waals surface area contributed by atoms with Crippen LogP contribution in [0.3, 0.4) is 0 Å². The molecule has 1 fully saturated rings. The number of ether oxygens (including phenoxy) is 1. The fraction of sp³-hybridized carbons (Fsp3) is 0.444. The van der Waals surface area contributed by atoms with Crippen LogP contribution in [0.15, 0.2) is 36.8 Å². The summed E-state index contributed by atoms with van der Waals surface area (Å²) in [5, 5.41) is 2.92. The van der Waals surface area contributed by atoms with Gasteiger partial charge in [-0.15, -0.1) is 0 Å². The molecule has 2 aromatic rings. The van der Waals surface area contributed by atoms with Crippen molar-refractivity contribution >= 4 is 5.91 Å². The lowest BCUT2D eigenvalue weighted by Crippen LogP contribution is -2.24. The van der Waals surface area contributed by atoms with E-state index in [0.29, 0.717) is 26.0 Å². The third kappa shape index (κ3) is 4.83. The van der Waals surface area contributed by atoms with Gasteiger partial charge >= 0.3 is 0 Å². The third-order valence-corrected chi connectivity index (χ3v) is 4.09. The second kappa shape index (κ2) is 8.49. The molecule has 0 aliphatic carbocycles. The van der Waals surface area contributed by atoms with Gasteiger partial charge in [0.2, 0.25) is 5.91 Å². The van der Waals surface area contributed by atoms with Crippen molar-refractivity contribution in [2.45, 2.75) is 38.1 Å². The van der Waals surface area contributed by atoms with E-state index in [1.807, 2.05) is 18.2 Å². The minimum atomic E-state index is 0.0139. The normalized spacial score (nSPS) is 17.4. The topological polar surface area (TPSA) is 77.0 Å². The minimum Gasteiger partial charge on any atom is -0.381 e. The zero-order valence-corrected chi connectivity index (χ0v) is 13.6. The van der Waals surface area contributed by atoms with Gasteiger partial charge in [0.15, 0.2) is 0 Å². The third-order valence-electron chi connectivity index (χ3n) is 4.09. The lowest BCUT2D eigenvalue weighted by molar-refractivity contribution is -0.121. The van der Waals surface area contributed by atoms with Crippen LogP contribution in [0.5, 0.6) is 0 Å². The number of nitrogens with one attached hydrogen (secondary N) is 1. The van der Waals surface area contributed by atoms with Crippen LogP contribution in [0.25, 0.3) is 0 Å². The number of amides is 1. The van der Waals surface area contributed by atoms with Crippen LogP contribution in [-0.4, -0.2) is 34.1 Å². The number of carbonyl (C=O) groups excluding carboxylic acids is 1. The SMILES string of the molecule is O=C(CCc1cccnc1)NCc1ccnc([C@@H]2CCCOC2)n1. The van der Waals surface area contributed by atoms with E-state index < -0.39 is 0 Å². The lowest BCUT2D eigenvalue weighted by Gasteiger charge is -2.20. The van der Waals surface area contributed by atoms with Gasteiger partial charge in [0, 0.05) is 37.5 Å². The van der Waals surface area contributed by atoms with Crippen molar-refractivity contribution in [2.75, 3.05) is 13.2 Å². The predicted molar refractivity (Wildman–Crippen MR) is 89.2 cm³/mol. The van der Waals surface area contributed by atoms with Crippen LogP contribution in [0.2, 0.25) is 0 Å². The van der Waals surface area contributed by atoms with Crippen LogP contribution < -0.4 is 5.32 Å². The van der Waals surface area contributed by atoms with Gasteiger partial charge in [0.25, 0.3) is 0 Å². The maximum atomic E-state index is 12.0. The quantitative estimate of drug-likeness (QED) is 0.879. The van der Waals surface area contributed by atoms with E-state index in [-0.39, 0.29) is 11.8 Å². The number of rotatable bonds is 6. The second-order valence-electron chi connectivity index (χ2n) is 5.96. The van der Waals surface area contributed by atoms with Gasteiger partial charge in [0.05, 0.1) is 18.8 Å². The van der Waals surface area contributed by atoms with Crippen molar-refractivity contribution in [3.8, 4) is 0 Å². The summed E-state index contributed by atoms with van der Waals surface area (Å²) in [6.07, 6.45) is 8.51. The Balaban J connectivity index is 1.48. The maximum absolute atomic E-state index is 12.0. The summed E-state index contributed by atoms with van der Waals surface area (Å²) in [5.41, 5.74) is 1.90. The van der Waals surface area contributed by atoms with Crippen LogP contribution in [0, 0.1) is 0 Å². The minimum absolute atomic E-state index is 0.0139. The molecule has 1 aliphatic rings. The first-order valence-corrected chi connectivity index (χ1v) is 8.36. The van der Waals surface area contributed by atoms with Crippen LogP contribution in [0.4, 0.5) is 0 Å². The average Bonchev–Trinajstić information content (AvgIpc) is 2.66. The van der Waals surface area contributed by atoms with E-state index >= 15 is 0 Å². The Hall–Kier alpha value is -2.34. The van der Waals surface area contributed by atoms with Crippen molar-refractivity contribution in [1.82, 2.24) is 20.3 Å². The molecular formula is C18H22N4O2. The molecule has 1 amide bonds. The van der Waals surface area contributed by atoms with E-state index in [0.717, 1.165) is 36.5 Å². The van der Waals surface area contributed by atoms with Gasteiger partial charge in [0.1, 0.15) is 5.82 Å². The molecule has 24 heavy (non-hydrogen) atoms. The van der Waals surface area contributed by atoms with Crippen LogP contribution in [-0.2, 0) is 22.5 Å². The van der Waals surface area contributed by atoms with Crippen molar-refractivity contribution in [3.05, 3.63) is 53.9 Å². The van der Waals surface area contributed by atoms with Crippen molar-refractivity contribution in [2.24, 2.45) is 0 Å². The standard InChI is InChI=1S/C18H22N4O2/c23-17(6-5-14-3-1-8-19-11-14)21-12-16-7-9-20-18(22-16)15-4-2-10-24-13-15/h1,3,7-9,11,15H,2,4-6,10,12-13H2,(H,21,23)/t15-/m1/s1. The summed E-state index contributed by atoms with van der Waals surface area (Å²) in [6, 6.07) is 5.70. The van der Waals surface area contributed by atoms with Crippen molar-refractivity contribution in [1.29, 1.82) is 0 Å². The molecule has 6 nitrogen and oxygen atoms in total. The summed E-state index contributed by atoms with van der Waals surface area (Å²) < 4.78 is 5.49. The molecule has 1 atom stereocenters. The zero-order valence-electron chi connectivity index (χ0n) is 13.6. The summed E-state index contributed by atoms with van der Waals surface area (Å²) in [6.45, 7) is 1.93. The number of aryl methyl sites for hydroxylation is 1. The lowest BCUT2D eigenvalue weighted by atomic mass is 10.0. The number of nitrogens with zero attached hydrogens (tertiary/aromatic N) is 3. The highest BCUT2D eigenvalue weighted by molar-refractivity contribution is 5.76. The zero-order chi connectivity index (χ0) is 16.6. The molecule has 6 heteroatoms. The molecule has 0 bridgehead atoms. The van der Waals surface area contributed by atoms with Gasteiger partial charge in [-0.2, -0.15) is 0 Å². The molecule has 0 aromatic carbocycles. The molecule has 126 valence electrons. The molecule has 2 aromatic heterocycles. The second-order valence-corrected chi connectivity index (χ2v) is 5.96. The smallest absolute Gasteiger partial charge is 0.220 e. The number of hydrogen-bond donors (Lipinski definition) is 1. The Morgan fingerprint density at radius 2 is 2.29 bits per heavy atom. The number of hydrogen-bond acceptors (Lipinski definition) is 5. The predicted octanol–water partition coefficient (Wildman–Crippen LogP) is 2.01. The first-order chi connectivity index (χ1) is 11.8. The summed E-state index contributed by atoms with van der Waals surface area (Å²) >= 11 is 0. The molecule has 3 rings (SSSR count). The molecule has 1 aliphatic heterocycles. The van der Waals surface area contributed by atoms with Crippen molar-refractivity contribution in [3.63, 3.8) is 0 Å². The van der Waals surface area contributed by atoms with Gasteiger partial charge in [-0.05, 0) is 37.0 Å². The largest absolute Gasteiger partial charge is 0.381 e. The molecule has 3 heterocycles. The number of pyridine rings is 1. The monoisotopic (exact) mass is 326 g/mol. The first kappa shape index (κ1) is 16.5. The average molecular weight is 326 g/mol. The van der Waals surface area contributed by atoms with Gasteiger partial charge < -0.3 is 10.1 Å². The van der Waals surface area contributed by atoms with Gasteiger partial charge in [-0.25, -0.2) is 9.97 Å². The van der Waals surface area contributed by atoms with E-state index in [2.05, 4.69) is 20.3 Å². The molecule has 1 N–H and O–H groups in total. The Bertz CT molecular complexity index is 657. The Morgan fingerprint density at radius 1 is 1.33 bits per heavy atom. The van der Waals surface area contributed by atoms with Crippen LogP contribution >= 0.6 is 0 Å². The Kier molecular flexibility index (Phi) is 5.85. The maximum Gasteiger partial charge on any atom is 0.220 e. The van der Waals surface area contributed by atoms with E-state index in [1.165, 1.54) is 0 Å². The number of aromatic nitrogens is 3. The van der Waals surface area contributed by atoms with Gasteiger partial charge in [-0.1, -0.05) is 6.07 Å². The highest BCUT2D eigenvalue weighted by Crippen LogP contribution is 2.22. The van der Waals surface area contributed by atoms with Crippen LogP contribution in [0.1, 0.15) is 42.3 Å². The summed E-state index contributed by atoms with van der Waals surface area (Å²) in [5.74, 6) is 1.09.